The highest BCUT2D eigenvalue weighted by atomic mass is 79.9. The Morgan fingerprint density at radius 2 is 2.21 bits per heavy atom. The van der Waals surface area contributed by atoms with E-state index in [1.54, 1.807) is 6.07 Å². The third kappa shape index (κ3) is 1.94. The Balaban J connectivity index is 3.33. The van der Waals surface area contributed by atoms with Gasteiger partial charge in [0.05, 0.1) is 19.2 Å². The molecule has 0 N–H and O–H groups in total. The van der Waals surface area contributed by atoms with Crippen molar-refractivity contribution in [1.82, 2.24) is 0 Å². The number of carbonyl (C=O) groups excluding carboxylic acids is 1. The van der Waals surface area contributed by atoms with Gasteiger partial charge in [-0.15, -0.1) is 0 Å². The van der Waals surface area contributed by atoms with E-state index in [0.717, 1.165) is 5.56 Å². The predicted octanol–water partition coefficient (Wildman–Crippen LogP) is 3.09. The van der Waals surface area contributed by atoms with Gasteiger partial charge in [0.15, 0.2) is 5.69 Å². The largest absolute Gasteiger partial charge is 0.465 e. The Hall–Kier alpha value is -1.34. The zero-order valence-corrected chi connectivity index (χ0v) is 9.38. The van der Waals surface area contributed by atoms with Gasteiger partial charge >= 0.3 is 5.97 Å². The Morgan fingerprint density at radius 3 is 2.71 bits per heavy atom. The Kier molecular flexibility index (Phi) is 3.26. The van der Waals surface area contributed by atoms with Gasteiger partial charge in [0.2, 0.25) is 0 Å². The fraction of sp³-hybridized carbons (Fsp3) is 0.200. The summed E-state index contributed by atoms with van der Waals surface area (Å²) >= 11 is 3.25. The van der Waals surface area contributed by atoms with E-state index < -0.39 is 5.97 Å². The van der Waals surface area contributed by atoms with Gasteiger partial charge in [-0.3, -0.25) is 0 Å². The molecule has 4 heteroatoms. The molecule has 0 saturated carbocycles. The fourth-order valence-electron chi connectivity index (χ4n) is 1.05. The first kappa shape index (κ1) is 10.7. The minimum absolute atomic E-state index is 0.379. The number of halogens is 1. The van der Waals surface area contributed by atoms with Crippen molar-refractivity contribution in [3.8, 4) is 0 Å². The molecule has 14 heavy (non-hydrogen) atoms. The van der Waals surface area contributed by atoms with Gasteiger partial charge in [-0.05, 0) is 18.6 Å². The molecule has 3 nitrogen and oxygen atoms in total. The second kappa shape index (κ2) is 4.25. The monoisotopic (exact) mass is 253 g/mol. The molecule has 0 aromatic heterocycles. The van der Waals surface area contributed by atoms with E-state index >= 15 is 0 Å². The number of nitrogens with zero attached hydrogens (tertiary/aromatic N) is 1. The van der Waals surface area contributed by atoms with Crippen LogP contribution in [0.3, 0.4) is 0 Å². The summed E-state index contributed by atoms with van der Waals surface area (Å²) in [7, 11) is 1.31. The Morgan fingerprint density at radius 1 is 1.57 bits per heavy atom. The van der Waals surface area contributed by atoms with Crippen LogP contribution in [-0.4, -0.2) is 13.1 Å². The molecule has 0 amide bonds. The van der Waals surface area contributed by atoms with E-state index in [1.807, 2.05) is 6.92 Å². The summed E-state index contributed by atoms with van der Waals surface area (Å²) in [5, 5.41) is 0. The van der Waals surface area contributed by atoms with Crippen LogP contribution >= 0.6 is 15.9 Å². The lowest BCUT2D eigenvalue weighted by atomic mass is 10.1. The number of rotatable bonds is 1. The van der Waals surface area contributed by atoms with Crippen LogP contribution in [-0.2, 0) is 4.74 Å². The first-order chi connectivity index (χ1) is 6.60. The molecule has 0 spiro atoms. The van der Waals surface area contributed by atoms with Crippen molar-refractivity contribution in [2.75, 3.05) is 7.11 Å². The molecule has 0 aliphatic rings. The molecule has 0 atom stereocenters. The SMILES string of the molecule is [C-]#[N+]c1cc(C(=O)OC)c(Br)cc1C. The number of carbonyl (C=O) groups is 1. The first-order valence-corrected chi connectivity index (χ1v) is 4.65. The van der Waals surface area contributed by atoms with E-state index in [9.17, 15) is 4.79 Å². The van der Waals surface area contributed by atoms with Crippen molar-refractivity contribution in [1.29, 1.82) is 0 Å². The third-order valence-electron chi connectivity index (χ3n) is 1.81. The summed E-state index contributed by atoms with van der Waals surface area (Å²) in [5.74, 6) is -0.443. The smallest absolute Gasteiger partial charge is 0.337 e. The van der Waals surface area contributed by atoms with Gasteiger partial charge in [0.1, 0.15) is 0 Å². The quantitative estimate of drug-likeness (QED) is 0.569. The molecule has 0 fully saturated rings. The standard InChI is InChI=1S/C10H8BrNO2/c1-6-4-8(11)7(10(13)14-3)5-9(6)12-2/h4-5H,1,3H3. The average molecular weight is 254 g/mol. The molecular formula is C10H8BrNO2. The van der Waals surface area contributed by atoms with Crippen LogP contribution in [0.15, 0.2) is 16.6 Å². The van der Waals surface area contributed by atoms with E-state index in [0.29, 0.717) is 15.7 Å². The highest BCUT2D eigenvalue weighted by Gasteiger charge is 2.12. The normalized spacial score (nSPS) is 9.29. The summed E-state index contributed by atoms with van der Waals surface area (Å²) in [4.78, 5) is 14.6. The maximum Gasteiger partial charge on any atom is 0.337 e. The first-order valence-electron chi connectivity index (χ1n) is 3.86. The van der Waals surface area contributed by atoms with Crippen LogP contribution in [0.5, 0.6) is 0 Å². The molecule has 0 aliphatic heterocycles. The van der Waals surface area contributed by atoms with E-state index in [-0.39, 0.29) is 0 Å². The number of methoxy groups -OCH3 is 1. The van der Waals surface area contributed by atoms with Crippen LogP contribution < -0.4 is 0 Å². The zero-order valence-electron chi connectivity index (χ0n) is 7.80. The molecular weight excluding hydrogens is 246 g/mol. The number of aryl methyl sites for hydroxylation is 1. The molecule has 0 aliphatic carbocycles. The van der Waals surface area contributed by atoms with Crippen LogP contribution in [0, 0.1) is 13.5 Å². The molecule has 0 unspecified atom stereocenters. The molecule has 0 radical (unpaired) electrons. The lowest BCUT2D eigenvalue weighted by Crippen LogP contribution is -2.02. The molecule has 0 bridgehead atoms. The van der Waals surface area contributed by atoms with E-state index in [1.165, 1.54) is 13.2 Å². The van der Waals surface area contributed by atoms with Gasteiger partial charge in [-0.25, -0.2) is 9.64 Å². The summed E-state index contributed by atoms with van der Waals surface area (Å²) in [6, 6.07) is 3.26. The third-order valence-corrected chi connectivity index (χ3v) is 2.47. The maximum atomic E-state index is 11.3. The summed E-state index contributed by atoms with van der Waals surface area (Å²) in [6.07, 6.45) is 0. The Labute approximate surface area is 90.6 Å². The second-order valence-corrected chi connectivity index (χ2v) is 3.58. The summed E-state index contributed by atoms with van der Waals surface area (Å²) < 4.78 is 5.23. The van der Waals surface area contributed by atoms with Crippen LogP contribution in [0.2, 0.25) is 0 Å². The van der Waals surface area contributed by atoms with Crippen LogP contribution in [0.4, 0.5) is 5.69 Å². The van der Waals surface area contributed by atoms with Crippen molar-refractivity contribution in [2.24, 2.45) is 0 Å². The minimum atomic E-state index is -0.443. The van der Waals surface area contributed by atoms with Crippen molar-refractivity contribution < 1.29 is 9.53 Å². The molecule has 72 valence electrons. The Bertz CT molecular complexity index is 421. The van der Waals surface area contributed by atoms with Gasteiger partial charge in [-0.2, -0.15) is 0 Å². The number of benzene rings is 1. The minimum Gasteiger partial charge on any atom is -0.465 e. The average Bonchev–Trinajstić information content (AvgIpc) is 2.17. The fourth-order valence-corrected chi connectivity index (χ4v) is 1.67. The zero-order chi connectivity index (χ0) is 10.7. The lowest BCUT2D eigenvalue weighted by Gasteiger charge is -2.05. The van der Waals surface area contributed by atoms with Crippen molar-refractivity contribution in [2.45, 2.75) is 6.92 Å². The van der Waals surface area contributed by atoms with E-state index in [4.69, 9.17) is 6.57 Å². The maximum absolute atomic E-state index is 11.3. The van der Waals surface area contributed by atoms with Gasteiger partial charge in [0.25, 0.3) is 0 Å². The number of ether oxygens (including phenoxy) is 1. The topological polar surface area (TPSA) is 30.7 Å². The predicted molar refractivity (Wildman–Crippen MR) is 56.5 cm³/mol. The van der Waals surface area contributed by atoms with E-state index in [2.05, 4.69) is 25.5 Å². The highest BCUT2D eigenvalue weighted by molar-refractivity contribution is 9.10. The summed E-state index contributed by atoms with van der Waals surface area (Å²) in [6.45, 7) is 8.73. The van der Waals surface area contributed by atoms with Gasteiger partial charge < -0.3 is 4.74 Å². The molecule has 1 aromatic carbocycles. The second-order valence-electron chi connectivity index (χ2n) is 2.72. The van der Waals surface area contributed by atoms with Crippen molar-refractivity contribution in [3.63, 3.8) is 0 Å². The van der Waals surface area contributed by atoms with Crippen LogP contribution in [0.1, 0.15) is 15.9 Å². The molecule has 1 rings (SSSR count). The van der Waals surface area contributed by atoms with Crippen molar-refractivity contribution in [3.05, 3.63) is 39.1 Å². The number of esters is 1. The molecule has 0 saturated heterocycles. The summed E-state index contributed by atoms with van der Waals surface area (Å²) in [5.41, 5.74) is 1.68. The van der Waals surface area contributed by atoms with Crippen LogP contribution in [0.25, 0.3) is 4.85 Å². The highest BCUT2D eigenvalue weighted by Crippen LogP contribution is 2.27. The number of hydrogen-bond acceptors (Lipinski definition) is 2. The number of hydrogen-bond donors (Lipinski definition) is 0. The van der Waals surface area contributed by atoms with Gasteiger partial charge in [0, 0.05) is 4.47 Å². The molecule has 1 aromatic rings. The van der Waals surface area contributed by atoms with Crippen molar-refractivity contribution >= 4 is 27.6 Å². The lowest BCUT2D eigenvalue weighted by molar-refractivity contribution is 0.0600. The molecule has 0 heterocycles. The van der Waals surface area contributed by atoms with Gasteiger partial charge in [-0.1, -0.05) is 22.0 Å².